The van der Waals surface area contributed by atoms with Gasteiger partial charge in [-0.05, 0) is 33.3 Å². The van der Waals surface area contributed by atoms with Crippen molar-refractivity contribution in [1.82, 2.24) is 0 Å². The van der Waals surface area contributed by atoms with Crippen LogP contribution in [0.15, 0.2) is 48.6 Å². The van der Waals surface area contributed by atoms with E-state index in [4.69, 9.17) is 18.9 Å². The molecular formula is C22H32O4. The van der Waals surface area contributed by atoms with Gasteiger partial charge < -0.3 is 18.9 Å². The Hall–Kier alpha value is -1.62. The predicted molar refractivity (Wildman–Crippen MR) is 104 cm³/mol. The molecule has 0 N–H and O–H groups in total. The van der Waals surface area contributed by atoms with Gasteiger partial charge in [-0.2, -0.15) is 0 Å². The number of hydrogen-bond donors (Lipinski definition) is 0. The molecule has 26 heavy (non-hydrogen) atoms. The second kappa shape index (κ2) is 9.91. The van der Waals surface area contributed by atoms with Gasteiger partial charge in [0.05, 0.1) is 25.9 Å². The van der Waals surface area contributed by atoms with Crippen LogP contribution in [-0.4, -0.2) is 31.7 Å². The van der Waals surface area contributed by atoms with Crippen LogP contribution in [0.25, 0.3) is 0 Å². The molecule has 1 aliphatic rings. The van der Waals surface area contributed by atoms with Crippen molar-refractivity contribution in [3.63, 3.8) is 0 Å². The third-order valence-corrected chi connectivity index (χ3v) is 4.56. The predicted octanol–water partition coefficient (Wildman–Crippen LogP) is 4.89. The first-order valence-electron chi connectivity index (χ1n) is 9.31. The molecule has 4 nitrogen and oxygen atoms in total. The zero-order chi connectivity index (χ0) is 19.0. The third-order valence-electron chi connectivity index (χ3n) is 4.56. The highest BCUT2D eigenvalue weighted by Gasteiger charge is 2.39. The molecule has 1 aromatic carbocycles. The van der Waals surface area contributed by atoms with E-state index in [2.05, 4.69) is 13.0 Å². The van der Waals surface area contributed by atoms with Crippen LogP contribution in [0.2, 0.25) is 0 Å². The SMILES string of the molecule is C/C=C/C=C/[C@@H]1OC(C)(C)O[C@H](CCOCc2ccccc2OC)[C@@H]1C. The summed E-state index contributed by atoms with van der Waals surface area (Å²) in [5.74, 6) is 0.531. The van der Waals surface area contributed by atoms with Crippen LogP contribution in [0.5, 0.6) is 5.75 Å². The summed E-state index contributed by atoms with van der Waals surface area (Å²) in [6.07, 6.45) is 9.14. The first-order valence-corrected chi connectivity index (χ1v) is 9.31. The zero-order valence-corrected chi connectivity index (χ0v) is 16.6. The second-order valence-corrected chi connectivity index (χ2v) is 7.06. The molecule has 0 aromatic heterocycles. The number of hydrogen-bond acceptors (Lipinski definition) is 4. The highest BCUT2D eigenvalue weighted by molar-refractivity contribution is 5.32. The molecule has 0 aliphatic carbocycles. The van der Waals surface area contributed by atoms with Gasteiger partial charge in [0.1, 0.15) is 5.75 Å². The van der Waals surface area contributed by atoms with E-state index in [1.165, 1.54) is 0 Å². The molecule has 0 bridgehead atoms. The molecule has 0 unspecified atom stereocenters. The summed E-state index contributed by atoms with van der Waals surface area (Å²) < 4.78 is 23.5. The van der Waals surface area contributed by atoms with Gasteiger partial charge in [0.2, 0.25) is 0 Å². The molecule has 0 amide bonds. The van der Waals surface area contributed by atoms with E-state index in [0.29, 0.717) is 13.2 Å². The Bertz CT molecular complexity index is 606. The summed E-state index contributed by atoms with van der Waals surface area (Å²) >= 11 is 0. The Morgan fingerprint density at radius 3 is 2.65 bits per heavy atom. The lowest BCUT2D eigenvalue weighted by molar-refractivity contribution is -0.311. The van der Waals surface area contributed by atoms with E-state index >= 15 is 0 Å². The molecule has 0 spiro atoms. The molecule has 1 aliphatic heterocycles. The molecule has 4 heteroatoms. The zero-order valence-electron chi connectivity index (χ0n) is 16.6. The van der Waals surface area contributed by atoms with E-state index in [9.17, 15) is 0 Å². The molecular weight excluding hydrogens is 328 g/mol. The smallest absolute Gasteiger partial charge is 0.163 e. The van der Waals surface area contributed by atoms with Crippen LogP contribution in [-0.2, 0) is 20.8 Å². The van der Waals surface area contributed by atoms with Gasteiger partial charge >= 0.3 is 0 Å². The molecule has 0 radical (unpaired) electrons. The van der Waals surface area contributed by atoms with Crippen LogP contribution in [0, 0.1) is 5.92 Å². The summed E-state index contributed by atoms with van der Waals surface area (Å²) in [4.78, 5) is 0. The minimum Gasteiger partial charge on any atom is -0.496 e. The minimum atomic E-state index is -0.592. The molecule has 1 saturated heterocycles. The van der Waals surface area contributed by atoms with E-state index in [1.54, 1.807) is 7.11 Å². The van der Waals surface area contributed by atoms with E-state index < -0.39 is 5.79 Å². The van der Waals surface area contributed by atoms with Gasteiger partial charge in [-0.15, -0.1) is 0 Å². The number of methoxy groups -OCH3 is 1. The molecule has 1 fully saturated rings. The lowest BCUT2D eigenvalue weighted by Gasteiger charge is -2.44. The fraction of sp³-hybridized carbons (Fsp3) is 0.545. The van der Waals surface area contributed by atoms with Crippen molar-refractivity contribution in [2.75, 3.05) is 13.7 Å². The number of benzene rings is 1. The Balaban J connectivity index is 1.88. The van der Waals surface area contributed by atoms with Crippen LogP contribution in [0.1, 0.15) is 39.7 Å². The number of ether oxygens (including phenoxy) is 4. The Kier molecular flexibility index (Phi) is 7.88. The van der Waals surface area contributed by atoms with Crippen LogP contribution in [0.3, 0.4) is 0 Å². The second-order valence-electron chi connectivity index (χ2n) is 7.06. The van der Waals surface area contributed by atoms with Gasteiger partial charge in [0, 0.05) is 18.1 Å². The monoisotopic (exact) mass is 360 g/mol. The summed E-state index contributed by atoms with van der Waals surface area (Å²) in [6, 6.07) is 7.93. The minimum absolute atomic E-state index is 0.0363. The summed E-state index contributed by atoms with van der Waals surface area (Å²) in [7, 11) is 1.68. The van der Waals surface area contributed by atoms with Crippen molar-refractivity contribution < 1.29 is 18.9 Å². The summed E-state index contributed by atoms with van der Waals surface area (Å²) in [5.41, 5.74) is 1.06. The molecule has 2 rings (SSSR count). The average molecular weight is 360 g/mol. The molecule has 1 aromatic rings. The largest absolute Gasteiger partial charge is 0.496 e. The maximum Gasteiger partial charge on any atom is 0.163 e. The number of rotatable bonds is 8. The molecule has 0 saturated carbocycles. The standard InChI is InChI=1S/C22H32O4/c1-6-7-8-12-19-17(2)20(26-22(3,4)25-19)14-15-24-16-18-11-9-10-13-21(18)23-5/h6-13,17,19-20H,14-16H2,1-5H3/b7-6+,12-8+/t17-,19+,20-/m1/s1. The van der Waals surface area contributed by atoms with Gasteiger partial charge in [0.25, 0.3) is 0 Å². The van der Waals surface area contributed by atoms with Crippen molar-refractivity contribution in [1.29, 1.82) is 0 Å². The maximum absolute atomic E-state index is 6.14. The van der Waals surface area contributed by atoms with E-state index in [-0.39, 0.29) is 18.1 Å². The fourth-order valence-corrected chi connectivity index (χ4v) is 3.17. The van der Waals surface area contributed by atoms with Crippen molar-refractivity contribution in [2.24, 2.45) is 5.92 Å². The molecule has 3 atom stereocenters. The van der Waals surface area contributed by atoms with Gasteiger partial charge in [0.15, 0.2) is 5.79 Å². The van der Waals surface area contributed by atoms with E-state index in [0.717, 1.165) is 17.7 Å². The lowest BCUT2D eigenvalue weighted by atomic mass is 9.93. The topological polar surface area (TPSA) is 36.9 Å². The van der Waals surface area contributed by atoms with Crippen molar-refractivity contribution in [3.05, 3.63) is 54.1 Å². The quantitative estimate of drug-likeness (QED) is 0.488. The third kappa shape index (κ3) is 5.97. The van der Waals surface area contributed by atoms with Crippen molar-refractivity contribution >= 4 is 0 Å². The molecule has 1 heterocycles. The van der Waals surface area contributed by atoms with Gasteiger partial charge in [-0.25, -0.2) is 0 Å². The maximum atomic E-state index is 6.14. The van der Waals surface area contributed by atoms with Crippen LogP contribution < -0.4 is 4.74 Å². The normalized spacial score (nSPS) is 25.8. The highest BCUT2D eigenvalue weighted by Crippen LogP contribution is 2.33. The molecule has 144 valence electrons. The van der Waals surface area contributed by atoms with Crippen LogP contribution in [0.4, 0.5) is 0 Å². The van der Waals surface area contributed by atoms with Crippen molar-refractivity contribution in [2.45, 2.75) is 58.7 Å². The Labute approximate surface area is 157 Å². The first-order chi connectivity index (χ1) is 12.5. The fourth-order valence-electron chi connectivity index (χ4n) is 3.17. The summed E-state index contributed by atoms with van der Waals surface area (Å²) in [5, 5.41) is 0. The van der Waals surface area contributed by atoms with E-state index in [1.807, 2.05) is 63.3 Å². The lowest BCUT2D eigenvalue weighted by Crippen LogP contribution is -2.49. The van der Waals surface area contributed by atoms with Crippen molar-refractivity contribution in [3.8, 4) is 5.75 Å². The first kappa shape index (κ1) is 20.7. The Morgan fingerprint density at radius 2 is 1.92 bits per heavy atom. The Morgan fingerprint density at radius 1 is 1.15 bits per heavy atom. The van der Waals surface area contributed by atoms with Crippen LogP contribution >= 0.6 is 0 Å². The number of allylic oxidation sites excluding steroid dienone is 3. The summed E-state index contributed by atoms with van der Waals surface area (Å²) in [6.45, 7) is 9.29. The van der Waals surface area contributed by atoms with Gasteiger partial charge in [-0.1, -0.05) is 49.4 Å². The average Bonchev–Trinajstić information content (AvgIpc) is 2.62. The highest BCUT2D eigenvalue weighted by atomic mass is 16.7. The number of para-hydroxylation sites is 1. The van der Waals surface area contributed by atoms with Gasteiger partial charge in [-0.3, -0.25) is 0 Å².